The zero-order valence-corrected chi connectivity index (χ0v) is 13.9. The van der Waals surface area contributed by atoms with E-state index in [0.29, 0.717) is 0 Å². The number of aryl methyl sites for hydroxylation is 1. The lowest BCUT2D eigenvalue weighted by molar-refractivity contribution is 0.0552. The van der Waals surface area contributed by atoms with Gasteiger partial charge in [0.25, 0.3) is 0 Å². The lowest BCUT2D eigenvalue weighted by Crippen LogP contribution is -2.29. The molecule has 0 unspecified atom stereocenters. The molecule has 0 aromatic heterocycles. The fraction of sp³-hybridized carbons (Fsp3) is 0.316. The van der Waals surface area contributed by atoms with Gasteiger partial charge in [-0.05, 0) is 50.6 Å². The molecule has 4 heteroatoms. The van der Waals surface area contributed by atoms with Crippen LogP contribution in [-0.4, -0.2) is 11.7 Å². The van der Waals surface area contributed by atoms with Gasteiger partial charge in [0, 0.05) is 17.3 Å². The topological polar surface area (TPSA) is 64.3 Å². The van der Waals surface area contributed by atoms with Crippen molar-refractivity contribution in [2.75, 3.05) is 5.73 Å². The van der Waals surface area contributed by atoms with Crippen molar-refractivity contribution in [1.29, 1.82) is 0 Å². The first-order valence-electron chi connectivity index (χ1n) is 7.77. The molecule has 122 valence electrons. The van der Waals surface area contributed by atoms with Gasteiger partial charge < -0.3 is 10.5 Å². The molecule has 0 radical (unpaired) electrons. The molecule has 0 aliphatic heterocycles. The van der Waals surface area contributed by atoms with Crippen LogP contribution in [0.4, 0.5) is 10.5 Å². The summed E-state index contributed by atoms with van der Waals surface area (Å²) in [4.78, 5) is 11.5. The minimum atomic E-state index is -0.485. The highest BCUT2D eigenvalue weighted by atomic mass is 16.6. The number of benzene rings is 2. The normalized spacial score (nSPS) is 11.8. The van der Waals surface area contributed by atoms with Crippen LogP contribution in [0.15, 0.2) is 48.7 Å². The Hall–Kier alpha value is -2.49. The molecule has 0 atom stereocenters. The smallest absolute Gasteiger partial charge is 0.411 e. The molecule has 0 saturated heterocycles. The summed E-state index contributed by atoms with van der Waals surface area (Å²) in [6, 6.07) is 12.1. The first-order valence-corrected chi connectivity index (χ1v) is 7.77. The van der Waals surface area contributed by atoms with Crippen LogP contribution in [0.2, 0.25) is 0 Å². The van der Waals surface area contributed by atoms with Crippen molar-refractivity contribution in [3.8, 4) is 0 Å². The summed E-state index contributed by atoms with van der Waals surface area (Å²) in [5, 5.41) is 4.88. The predicted molar refractivity (Wildman–Crippen MR) is 95.2 cm³/mol. The number of hydrogen-bond acceptors (Lipinski definition) is 3. The third-order valence-corrected chi connectivity index (χ3v) is 3.34. The van der Waals surface area contributed by atoms with Crippen LogP contribution in [0.1, 0.15) is 32.8 Å². The van der Waals surface area contributed by atoms with E-state index in [1.54, 1.807) is 6.20 Å². The SMILES string of the molecule is CC(C)(C)OC(=O)NC=CCCc1cccc2c(N)cccc12. The number of carbonyl (C=O) groups is 1. The summed E-state index contributed by atoms with van der Waals surface area (Å²) >= 11 is 0. The molecule has 4 nitrogen and oxygen atoms in total. The highest BCUT2D eigenvalue weighted by Gasteiger charge is 2.14. The molecule has 1 amide bonds. The number of fused-ring (bicyclic) bond motifs is 1. The summed E-state index contributed by atoms with van der Waals surface area (Å²) in [5.41, 5.74) is 7.57. The van der Waals surface area contributed by atoms with Crippen LogP contribution in [0.3, 0.4) is 0 Å². The Balaban J connectivity index is 1.91. The second kappa shape index (κ2) is 7.18. The number of ether oxygens (including phenoxy) is 1. The number of rotatable bonds is 4. The average molecular weight is 312 g/mol. The van der Waals surface area contributed by atoms with Crippen LogP contribution in [0.5, 0.6) is 0 Å². The van der Waals surface area contributed by atoms with E-state index in [4.69, 9.17) is 10.5 Å². The van der Waals surface area contributed by atoms with E-state index in [1.807, 2.05) is 51.1 Å². The lowest BCUT2D eigenvalue weighted by Gasteiger charge is -2.18. The highest BCUT2D eigenvalue weighted by Crippen LogP contribution is 2.24. The molecular weight excluding hydrogens is 288 g/mol. The molecule has 0 bridgehead atoms. The van der Waals surface area contributed by atoms with Crippen LogP contribution in [0.25, 0.3) is 10.8 Å². The van der Waals surface area contributed by atoms with E-state index in [1.165, 1.54) is 10.9 Å². The van der Waals surface area contributed by atoms with Crippen molar-refractivity contribution in [1.82, 2.24) is 5.32 Å². The maximum Gasteiger partial charge on any atom is 0.411 e. The average Bonchev–Trinajstić information content (AvgIpc) is 2.46. The van der Waals surface area contributed by atoms with E-state index in [9.17, 15) is 4.79 Å². The Morgan fingerprint density at radius 1 is 1.17 bits per heavy atom. The molecule has 3 N–H and O–H groups in total. The molecule has 0 saturated carbocycles. The Morgan fingerprint density at radius 2 is 1.87 bits per heavy atom. The van der Waals surface area contributed by atoms with E-state index in [0.717, 1.165) is 23.9 Å². The number of anilines is 1. The lowest BCUT2D eigenvalue weighted by atomic mass is 10.00. The van der Waals surface area contributed by atoms with Gasteiger partial charge in [-0.15, -0.1) is 0 Å². The van der Waals surface area contributed by atoms with Crippen molar-refractivity contribution in [3.05, 3.63) is 54.2 Å². The molecule has 2 aromatic carbocycles. The van der Waals surface area contributed by atoms with Gasteiger partial charge in [0.05, 0.1) is 0 Å². The molecule has 2 rings (SSSR count). The third-order valence-electron chi connectivity index (χ3n) is 3.34. The number of carbonyl (C=O) groups excluding carboxylic acids is 1. The summed E-state index contributed by atoms with van der Waals surface area (Å²) in [5.74, 6) is 0. The van der Waals surface area contributed by atoms with Crippen molar-refractivity contribution >= 4 is 22.6 Å². The Labute approximate surface area is 137 Å². The van der Waals surface area contributed by atoms with Gasteiger partial charge in [0.1, 0.15) is 5.60 Å². The maximum atomic E-state index is 11.5. The van der Waals surface area contributed by atoms with Crippen molar-refractivity contribution < 1.29 is 9.53 Å². The first-order chi connectivity index (χ1) is 10.9. The monoisotopic (exact) mass is 312 g/mol. The van der Waals surface area contributed by atoms with E-state index >= 15 is 0 Å². The number of allylic oxidation sites excluding steroid dienone is 1. The summed E-state index contributed by atoms with van der Waals surface area (Å²) in [6.45, 7) is 5.51. The highest BCUT2D eigenvalue weighted by molar-refractivity contribution is 5.94. The van der Waals surface area contributed by atoms with E-state index in [-0.39, 0.29) is 0 Å². The van der Waals surface area contributed by atoms with E-state index in [2.05, 4.69) is 17.4 Å². The third kappa shape index (κ3) is 5.02. The van der Waals surface area contributed by atoms with E-state index < -0.39 is 11.7 Å². The molecule has 23 heavy (non-hydrogen) atoms. The summed E-state index contributed by atoms with van der Waals surface area (Å²) < 4.78 is 5.16. The van der Waals surface area contributed by atoms with Gasteiger partial charge in [0.2, 0.25) is 0 Å². The number of amides is 1. The second-order valence-electron chi connectivity index (χ2n) is 6.45. The minimum absolute atomic E-state index is 0.438. The van der Waals surface area contributed by atoms with Gasteiger partial charge in [-0.25, -0.2) is 4.79 Å². The van der Waals surface area contributed by atoms with Gasteiger partial charge >= 0.3 is 6.09 Å². The largest absolute Gasteiger partial charge is 0.444 e. The quantitative estimate of drug-likeness (QED) is 0.823. The van der Waals surface area contributed by atoms with Gasteiger partial charge in [-0.3, -0.25) is 5.32 Å². The van der Waals surface area contributed by atoms with Gasteiger partial charge in [-0.2, -0.15) is 0 Å². The molecular formula is C19H24N2O2. The van der Waals surface area contributed by atoms with Gasteiger partial charge in [-0.1, -0.05) is 36.4 Å². The molecule has 2 aromatic rings. The van der Waals surface area contributed by atoms with Crippen LogP contribution >= 0.6 is 0 Å². The summed E-state index contributed by atoms with van der Waals surface area (Å²) in [7, 11) is 0. The number of nitrogen functional groups attached to an aromatic ring is 1. The molecule has 0 spiro atoms. The number of alkyl carbamates (subject to hydrolysis) is 1. The van der Waals surface area contributed by atoms with Gasteiger partial charge in [0.15, 0.2) is 0 Å². The number of nitrogens with two attached hydrogens (primary N) is 1. The zero-order valence-electron chi connectivity index (χ0n) is 13.9. The maximum absolute atomic E-state index is 11.5. The predicted octanol–water partition coefficient (Wildman–Crippen LogP) is 4.39. The summed E-state index contributed by atoms with van der Waals surface area (Å²) in [6.07, 6.45) is 4.83. The standard InChI is InChI=1S/C19H24N2O2/c1-19(2,3)23-18(22)21-13-5-4-8-14-9-6-11-16-15(14)10-7-12-17(16)20/h5-7,9-13H,4,8,20H2,1-3H3,(H,21,22). The second-order valence-corrected chi connectivity index (χ2v) is 6.45. The fourth-order valence-corrected chi connectivity index (χ4v) is 2.37. The zero-order chi connectivity index (χ0) is 16.9. The Bertz CT molecular complexity index is 715. The molecule has 0 fully saturated rings. The Morgan fingerprint density at radius 3 is 2.61 bits per heavy atom. The van der Waals surface area contributed by atoms with Crippen molar-refractivity contribution in [3.63, 3.8) is 0 Å². The first kappa shape index (κ1) is 16.9. The minimum Gasteiger partial charge on any atom is -0.444 e. The van der Waals surface area contributed by atoms with Crippen LogP contribution in [-0.2, 0) is 11.2 Å². The molecule has 0 aliphatic rings. The van der Waals surface area contributed by atoms with Crippen LogP contribution < -0.4 is 11.1 Å². The number of nitrogens with one attached hydrogen (secondary N) is 1. The number of hydrogen-bond donors (Lipinski definition) is 2. The van der Waals surface area contributed by atoms with Crippen LogP contribution in [0, 0.1) is 0 Å². The molecule has 0 heterocycles. The van der Waals surface area contributed by atoms with Crippen molar-refractivity contribution in [2.45, 2.75) is 39.2 Å². The Kier molecular flexibility index (Phi) is 5.27. The van der Waals surface area contributed by atoms with Crippen molar-refractivity contribution in [2.24, 2.45) is 0 Å². The molecule has 0 aliphatic carbocycles. The fourth-order valence-electron chi connectivity index (χ4n) is 2.37.